The van der Waals surface area contributed by atoms with Crippen LogP contribution < -0.4 is 5.32 Å². The zero-order chi connectivity index (χ0) is 13.2. The molecule has 0 radical (unpaired) electrons. The number of nitrogens with zero attached hydrogens (tertiary/aromatic N) is 1. The molecule has 2 unspecified atom stereocenters. The summed E-state index contributed by atoms with van der Waals surface area (Å²) >= 11 is 0. The Bertz CT molecular complexity index is 272. The van der Waals surface area contributed by atoms with E-state index in [1.807, 2.05) is 4.90 Å². The fourth-order valence-electron chi connectivity index (χ4n) is 3.05. The highest BCUT2D eigenvalue weighted by Gasteiger charge is 2.47. The van der Waals surface area contributed by atoms with E-state index in [2.05, 4.69) is 5.32 Å². The molecule has 2 atom stereocenters. The Kier molecular flexibility index (Phi) is 6.36. The van der Waals surface area contributed by atoms with Gasteiger partial charge in [-0.05, 0) is 51.2 Å². The second kappa shape index (κ2) is 7.11. The van der Waals surface area contributed by atoms with Crippen LogP contribution in [0.1, 0.15) is 25.7 Å². The van der Waals surface area contributed by atoms with Crippen LogP contribution in [0.4, 0.5) is 13.2 Å². The van der Waals surface area contributed by atoms with Gasteiger partial charge in [-0.25, -0.2) is 0 Å². The normalized spacial score (nSPS) is 28.1. The van der Waals surface area contributed by atoms with Crippen molar-refractivity contribution in [1.82, 2.24) is 10.2 Å². The van der Waals surface area contributed by atoms with Crippen LogP contribution in [-0.4, -0.2) is 54.5 Å². The SMILES string of the molecule is Cl.OC(C1CCCN1CC1CCNCC1)C(F)(F)F. The molecule has 7 heteroatoms. The lowest BCUT2D eigenvalue weighted by Crippen LogP contribution is -2.48. The van der Waals surface area contributed by atoms with Gasteiger partial charge in [0.1, 0.15) is 0 Å². The van der Waals surface area contributed by atoms with Crippen LogP contribution in [0.5, 0.6) is 0 Å². The first kappa shape index (κ1) is 17.0. The predicted molar refractivity (Wildman–Crippen MR) is 69.5 cm³/mol. The Balaban J connectivity index is 0.00000180. The van der Waals surface area contributed by atoms with Gasteiger partial charge in [0, 0.05) is 12.6 Å². The standard InChI is InChI=1S/C12H21F3N2O.ClH/c13-12(14,15)11(18)10-2-1-7-17(10)8-9-3-5-16-6-4-9;/h9-11,16,18H,1-8H2;1H. The van der Waals surface area contributed by atoms with Crippen LogP contribution >= 0.6 is 12.4 Å². The van der Waals surface area contributed by atoms with Crippen molar-refractivity contribution in [2.75, 3.05) is 26.2 Å². The van der Waals surface area contributed by atoms with E-state index in [1.165, 1.54) is 0 Å². The Morgan fingerprint density at radius 2 is 1.84 bits per heavy atom. The van der Waals surface area contributed by atoms with Crippen molar-refractivity contribution in [1.29, 1.82) is 0 Å². The first-order chi connectivity index (χ1) is 8.48. The molecule has 2 N–H and O–H groups in total. The average Bonchev–Trinajstić information content (AvgIpc) is 2.76. The van der Waals surface area contributed by atoms with Gasteiger partial charge in [0.2, 0.25) is 0 Å². The van der Waals surface area contributed by atoms with Crippen LogP contribution in [0.25, 0.3) is 0 Å². The summed E-state index contributed by atoms with van der Waals surface area (Å²) < 4.78 is 37.7. The van der Waals surface area contributed by atoms with Crippen LogP contribution in [0, 0.1) is 5.92 Å². The molecule has 0 bridgehead atoms. The molecule has 0 amide bonds. The van der Waals surface area contributed by atoms with Gasteiger partial charge in [0.15, 0.2) is 6.10 Å². The van der Waals surface area contributed by atoms with E-state index < -0.39 is 18.3 Å². The molecule has 0 spiro atoms. The van der Waals surface area contributed by atoms with E-state index in [0.29, 0.717) is 25.4 Å². The zero-order valence-corrected chi connectivity index (χ0v) is 11.6. The number of piperidine rings is 1. The van der Waals surface area contributed by atoms with E-state index >= 15 is 0 Å². The minimum atomic E-state index is -4.50. The van der Waals surface area contributed by atoms with Crippen molar-refractivity contribution >= 4 is 12.4 Å². The minimum Gasteiger partial charge on any atom is -0.382 e. The molecule has 2 heterocycles. The molecule has 0 aromatic heterocycles. The number of likely N-dealkylation sites (tertiary alicyclic amines) is 1. The Labute approximate surface area is 117 Å². The van der Waals surface area contributed by atoms with Gasteiger partial charge in [-0.15, -0.1) is 12.4 Å². The summed E-state index contributed by atoms with van der Waals surface area (Å²) in [7, 11) is 0. The molecule has 19 heavy (non-hydrogen) atoms. The zero-order valence-electron chi connectivity index (χ0n) is 10.8. The molecule has 0 aromatic rings. The fraction of sp³-hybridized carbons (Fsp3) is 1.00. The third kappa shape index (κ3) is 4.48. The van der Waals surface area contributed by atoms with Crippen molar-refractivity contribution in [3.05, 3.63) is 0 Å². The first-order valence-corrected chi connectivity index (χ1v) is 6.68. The smallest absolute Gasteiger partial charge is 0.382 e. The summed E-state index contributed by atoms with van der Waals surface area (Å²) in [5, 5.41) is 12.7. The van der Waals surface area contributed by atoms with Gasteiger partial charge < -0.3 is 10.4 Å². The van der Waals surface area contributed by atoms with Gasteiger partial charge >= 0.3 is 6.18 Å². The molecule has 0 aromatic carbocycles. The predicted octanol–water partition coefficient (Wildman–Crippen LogP) is 1.80. The number of rotatable bonds is 3. The van der Waals surface area contributed by atoms with Crippen molar-refractivity contribution in [3.63, 3.8) is 0 Å². The summed E-state index contributed by atoms with van der Waals surface area (Å²) in [6, 6.07) is -0.736. The van der Waals surface area contributed by atoms with Gasteiger partial charge in [0.05, 0.1) is 0 Å². The molecule has 2 rings (SSSR count). The number of aliphatic hydroxyl groups is 1. The lowest BCUT2D eigenvalue weighted by Gasteiger charge is -2.33. The molecular formula is C12H22ClF3N2O. The van der Waals surface area contributed by atoms with Crippen LogP contribution in [0.3, 0.4) is 0 Å². The topological polar surface area (TPSA) is 35.5 Å². The van der Waals surface area contributed by atoms with Gasteiger partial charge in [-0.1, -0.05) is 0 Å². The number of halogens is 4. The van der Waals surface area contributed by atoms with E-state index in [0.717, 1.165) is 32.4 Å². The van der Waals surface area contributed by atoms with Crippen LogP contribution in [0.2, 0.25) is 0 Å². The molecule has 2 aliphatic rings. The van der Waals surface area contributed by atoms with Crippen molar-refractivity contribution < 1.29 is 18.3 Å². The highest BCUT2D eigenvalue weighted by atomic mass is 35.5. The van der Waals surface area contributed by atoms with Gasteiger partial charge in [-0.3, -0.25) is 4.90 Å². The molecule has 0 saturated carbocycles. The highest BCUT2D eigenvalue weighted by molar-refractivity contribution is 5.85. The summed E-state index contributed by atoms with van der Waals surface area (Å²) in [5.41, 5.74) is 0. The quantitative estimate of drug-likeness (QED) is 0.834. The third-order valence-corrected chi connectivity index (χ3v) is 4.07. The number of alkyl halides is 3. The third-order valence-electron chi connectivity index (χ3n) is 4.07. The number of hydrogen-bond acceptors (Lipinski definition) is 3. The van der Waals surface area contributed by atoms with E-state index in [9.17, 15) is 18.3 Å². The monoisotopic (exact) mass is 302 g/mol. The summed E-state index contributed by atoms with van der Waals surface area (Å²) in [6.45, 7) is 3.28. The molecule has 0 aliphatic carbocycles. The second-order valence-corrected chi connectivity index (χ2v) is 5.38. The molecule has 114 valence electrons. The van der Waals surface area contributed by atoms with E-state index in [4.69, 9.17) is 0 Å². The molecule has 3 nitrogen and oxygen atoms in total. The first-order valence-electron chi connectivity index (χ1n) is 6.68. The minimum absolute atomic E-state index is 0. The summed E-state index contributed by atoms with van der Waals surface area (Å²) in [5.74, 6) is 0.465. The van der Waals surface area contributed by atoms with Crippen molar-refractivity contribution in [3.8, 4) is 0 Å². The molecule has 2 aliphatic heterocycles. The molecule has 2 saturated heterocycles. The number of aliphatic hydroxyl groups excluding tert-OH is 1. The number of nitrogens with one attached hydrogen (secondary N) is 1. The van der Waals surface area contributed by atoms with Crippen LogP contribution in [0.15, 0.2) is 0 Å². The largest absolute Gasteiger partial charge is 0.415 e. The van der Waals surface area contributed by atoms with Crippen molar-refractivity contribution in [2.24, 2.45) is 5.92 Å². The lowest BCUT2D eigenvalue weighted by molar-refractivity contribution is -0.219. The van der Waals surface area contributed by atoms with E-state index in [1.54, 1.807) is 0 Å². The fourth-order valence-corrected chi connectivity index (χ4v) is 3.05. The number of hydrogen-bond donors (Lipinski definition) is 2. The Hall–Kier alpha value is -0.0400. The summed E-state index contributed by atoms with van der Waals surface area (Å²) in [4.78, 5) is 1.84. The Morgan fingerprint density at radius 1 is 1.21 bits per heavy atom. The second-order valence-electron chi connectivity index (χ2n) is 5.38. The van der Waals surface area contributed by atoms with Crippen molar-refractivity contribution in [2.45, 2.75) is 44.0 Å². The Morgan fingerprint density at radius 3 is 2.42 bits per heavy atom. The molecular weight excluding hydrogens is 281 g/mol. The maximum atomic E-state index is 12.6. The van der Waals surface area contributed by atoms with Gasteiger partial charge in [0.25, 0.3) is 0 Å². The maximum Gasteiger partial charge on any atom is 0.415 e. The molecule has 2 fully saturated rings. The highest BCUT2D eigenvalue weighted by Crippen LogP contribution is 2.31. The maximum absolute atomic E-state index is 12.6. The average molecular weight is 303 g/mol. The van der Waals surface area contributed by atoms with Crippen LogP contribution in [-0.2, 0) is 0 Å². The summed E-state index contributed by atoms with van der Waals surface area (Å²) in [6.07, 6.45) is -3.45. The van der Waals surface area contributed by atoms with Gasteiger partial charge in [-0.2, -0.15) is 13.2 Å². The lowest BCUT2D eigenvalue weighted by atomic mass is 9.96. The van der Waals surface area contributed by atoms with E-state index in [-0.39, 0.29) is 12.4 Å².